The van der Waals surface area contributed by atoms with Crippen LogP contribution < -0.4 is 4.74 Å². The first-order chi connectivity index (χ1) is 8.18. The smallest absolute Gasteiger partial charge is 0.417 e. The predicted octanol–water partition coefficient (Wildman–Crippen LogP) is 2.95. The van der Waals surface area contributed by atoms with E-state index in [1.165, 1.54) is 0 Å². The lowest BCUT2D eigenvalue weighted by Gasteiger charge is -2.12. The van der Waals surface area contributed by atoms with Gasteiger partial charge in [0.25, 0.3) is 6.43 Å². The summed E-state index contributed by atoms with van der Waals surface area (Å²) in [4.78, 5) is 12.0. The van der Waals surface area contributed by atoms with Gasteiger partial charge in [-0.15, -0.1) is 0 Å². The summed E-state index contributed by atoms with van der Waals surface area (Å²) in [5.74, 6) is -2.34. The van der Waals surface area contributed by atoms with Crippen LogP contribution >= 0.6 is 0 Å². The number of alkyl halides is 5. The molecule has 5 nitrogen and oxygen atoms in total. The molecule has 0 N–H and O–H groups in total. The molecule has 1 rings (SSSR count). The third-order valence-electron chi connectivity index (χ3n) is 1.92. The highest BCUT2D eigenvalue weighted by Gasteiger charge is 2.42. The SMILES string of the molecule is COc1cc(C(F)(F)F)c(C(F)F)c([N+](=O)[O-])n1. The molecular weight excluding hydrogens is 267 g/mol. The van der Waals surface area contributed by atoms with Crippen LogP contribution in [0, 0.1) is 10.1 Å². The minimum absolute atomic E-state index is 0.189. The number of aromatic nitrogens is 1. The van der Waals surface area contributed by atoms with E-state index in [0.29, 0.717) is 0 Å². The van der Waals surface area contributed by atoms with Gasteiger partial charge in [0.15, 0.2) is 0 Å². The lowest BCUT2D eigenvalue weighted by Crippen LogP contribution is -2.13. The topological polar surface area (TPSA) is 65.3 Å². The van der Waals surface area contributed by atoms with E-state index in [2.05, 4.69) is 9.72 Å². The van der Waals surface area contributed by atoms with E-state index in [4.69, 9.17) is 0 Å². The fourth-order valence-corrected chi connectivity index (χ4v) is 1.21. The molecule has 0 bridgehead atoms. The van der Waals surface area contributed by atoms with E-state index in [-0.39, 0.29) is 6.07 Å². The Hall–Kier alpha value is -2.00. The molecule has 0 aliphatic heterocycles. The van der Waals surface area contributed by atoms with Gasteiger partial charge in [-0.3, -0.25) is 0 Å². The van der Waals surface area contributed by atoms with E-state index >= 15 is 0 Å². The van der Waals surface area contributed by atoms with Crippen molar-refractivity contribution in [3.8, 4) is 5.88 Å². The second kappa shape index (κ2) is 4.70. The Kier molecular flexibility index (Phi) is 3.67. The minimum Gasteiger partial charge on any atom is -0.463 e. The standard InChI is InChI=1S/C8H5F5N2O3/c1-18-4-2-3(8(11,12)13)5(6(9)10)7(14-4)15(16)17/h2,6H,1H3. The van der Waals surface area contributed by atoms with Crippen LogP contribution in [0.5, 0.6) is 5.88 Å². The Morgan fingerprint density at radius 1 is 1.44 bits per heavy atom. The maximum Gasteiger partial charge on any atom is 0.417 e. The van der Waals surface area contributed by atoms with Gasteiger partial charge in [0, 0.05) is 11.1 Å². The van der Waals surface area contributed by atoms with Crippen molar-refractivity contribution < 1.29 is 31.6 Å². The number of hydrogen-bond acceptors (Lipinski definition) is 4. The van der Waals surface area contributed by atoms with Gasteiger partial charge in [0.05, 0.1) is 12.7 Å². The number of methoxy groups -OCH3 is 1. The Morgan fingerprint density at radius 3 is 2.33 bits per heavy atom. The lowest BCUT2D eigenvalue weighted by atomic mass is 10.1. The van der Waals surface area contributed by atoms with Gasteiger partial charge in [-0.1, -0.05) is 0 Å². The van der Waals surface area contributed by atoms with Gasteiger partial charge in [-0.25, -0.2) is 8.78 Å². The molecule has 0 fully saturated rings. The summed E-state index contributed by atoms with van der Waals surface area (Å²) in [6.07, 6.45) is -8.85. The lowest BCUT2D eigenvalue weighted by molar-refractivity contribution is -0.391. The Morgan fingerprint density at radius 2 is 2.00 bits per heavy atom. The van der Waals surface area contributed by atoms with Crippen LogP contribution in [-0.2, 0) is 6.18 Å². The molecule has 18 heavy (non-hydrogen) atoms. The van der Waals surface area contributed by atoms with Crippen LogP contribution in [-0.4, -0.2) is 17.0 Å². The van der Waals surface area contributed by atoms with Crippen LogP contribution in [0.15, 0.2) is 6.07 Å². The molecule has 0 saturated heterocycles. The van der Waals surface area contributed by atoms with Crippen LogP contribution in [0.4, 0.5) is 27.8 Å². The fourth-order valence-electron chi connectivity index (χ4n) is 1.21. The summed E-state index contributed by atoms with van der Waals surface area (Å²) in [5, 5.41) is 10.5. The number of pyridine rings is 1. The van der Waals surface area contributed by atoms with Crippen molar-refractivity contribution in [1.82, 2.24) is 4.98 Å². The number of ether oxygens (including phenoxy) is 1. The zero-order valence-electron chi connectivity index (χ0n) is 8.66. The highest BCUT2D eigenvalue weighted by atomic mass is 19.4. The van der Waals surface area contributed by atoms with Crippen molar-refractivity contribution >= 4 is 5.82 Å². The molecule has 0 aliphatic rings. The molecule has 0 aromatic carbocycles. The molecule has 1 heterocycles. The van der Waals surface area contributed by atoms with E-state index in [1.54, 1.807) is 0 Å². The maximum absolute atomic E-state index is 12.5. The minimum atomic E-state index is -5.17. The normalized spacial score (nSPS) is 11.7. The highest BCUT2D eigenvalue weighted by Crippen LogP contribution is 2.41. The number of nitrogens with zero attached hydrogens (tertiary/aromatic N) is 2. The van der Waals surface area contributed by atoms with Crippen LogP contribution in [0.3, 0.4) is 0 Å². The van der Waals surface area contributed by atoms with E-state index in [1.807, 2.05) is 0 Å². The molecule has 1 aromatic heterocycles. The average Bonchev–Trinajstić information content (AvgIpc) is 2.25. The van der Waals surface area contributed by atoms with Crippen molar-refractivity contribution in [1.29, 1.82) is 0 Å². The first-order valence-corrected chi connectivity index (χ1v) is 4.27. The van der Waals surface area contributed by atoms with Crippen molar-refractivity contribution in [3.63, 3.8) is 0 Å². The second-order valence-corrected chi connectivity index (χ2v) is 3.01. The van der Waals surface area contributed by atoms with E-state index in [0.717, 1.165) is 7.11 Å². The molecule has 100 valence electrons. The molecule has 0 amide bonds. The van der Waals surface area contributed by atoms with Gasteiger partial charge in [-0.2, -0.15) is 13.2 Å². The number of halogens is 5. The largest absolute Gasteiger partial charge is 0.463 e. The first kappa shape index (κ1) is 14.1. The quantitative estimate of drug-likeness (QED) is 0.482. The van der Waals surface area contributed by atoms with Gasteiger partial charge >= 0.3 is 17.9 Å². The Bertz CT molecular complexity index is 475. The van der Waals surface area contributed by atoms with Crippen molar-refractivity contribution in [2.75, 3.05) is 7.11 Å². The van der Waals surface area contributed by atoms with E-state index < -0.39 is 40.3 Å². The van der Waals surface area contributed by atoms with Gasteiger partial charge in [0.2, 0.25) is 0 Å². The zero-order valence-corrected chi connectivity index (χ0v) is 8.66. The molecule has 0 atom stereocenters. The summed E-state index contributed by atoms with van der Waals surface area (Å²) in [7, 11) is 0.911. The first-order valence-electron chi connectivity index (χ1n) is 4.27. The molecule has 0 spiro atoms. The summed E-state index contributed by atoms with van der Waals surface area (Å²) < 4.78 is 67.0. The Labute approximate surface area is 96.3 Å². The van der Waals surface area contributed by atoms with Gasteiger partial charge in [0.1, 0.15) is 5.56 Å². The number of rotatable bonds is 3. The van der Waals surface area contributed by atoms with Crippen molar-refractivity contribution in [2.45, 2.75) is 12.6 Å². The molecule has 1 aromatic rings. The van der Waals surface area contributed by atoms with Crippen molar-refractivity contribution in [3.05, 3.63) is 27.3 Å². The maximum atomic E-state index is 12.5. The average molecular weight is 272 g/mol. The summed E-state index contributed by atoms with van der Waals surface area (Å²) in [6.45, 7) is 0. The summed E-state index contributed by atoms with van der Waals surface area (Å²) in [6, 6.07) is 0.189. The molecule has 10 heteroatoms. The molecule has 0 radical (unpaired) electrons. The zero-order chi connectivity index (χ0) is 14.1. The van der Waals surface area contributed by atoms with Crippen LogP contribution in [0.25, 0.3) is 0 Å². The highest BCUT2D eigenvalue weighted by molar-refractivity contribution is 5.45. The molecule has 0 unspecified atom stereocenters. The fraction of sp³-hybridized carbons (Fsp3) is 0.375. The molecule has 0 saturated carbocycles. The van der Waals surface area contributed by atoms with Crippen LogP contribution in [0.2, 0.25) is 0 Å². The monoisotopic (exact) mass is 272 g/mol. The van der Waals surface area contributed by atoms with Gasteiger partial charge in [-0.05, 0) is 4.92 Å². The number of hydrogen-bond donors (Lipinski definition) is 0. The van der Waals surface area contributed by atoms with Gasteiger partial charge < -0.3 is 14.9 Å². The number of nitro groups is 1. The van der Waals surface area contributed by atoms with E-state index in [9.17, 15) is 32.1 Å². The third-order valence-corrected chi connectivity index (χ3v) is 1.92. The van der Waals surface area contributed by atoms with Crippen molar-refractivity contribution in [2.24, 2.45) is 0 Å². The summed E-state index contributed by atoms with van der Waals surface area (Å²) >= 11 is 0. The summed E-state index contributed by atoms with van der Waals surface area (Å²) in [5.41, 5.74) is -3.61. The molecule has 0 aliphatic carbocycles. The Balaban J connectivity index is 3.66. The molecular formula is C8H5F5N2O3. The predicted molar refractivity (Wildman–Crippen MR) is 47.4 cm³/mol. The van der Waals surface area contributed by atoms with Crippen LogP contribution in [0.1, 0.15) is 17.6 Å². The third kappa shape index (κ3) is 2.63. The second-order valence-electron chi connectivity index (χ2n) is 3.01.